The van der Waals surface area contributed by atoms with Crippen molar-refractivity contribution in [3.63, 3.8) is 0 Å². The van der Waals surface area contributed by atoms with Gasteiger partial charge < -0.3 is 18.4 Å². The van der Waals surface area contributed by atoms with Gasteiger partial charge in [-0.2, -0.15) is 0 Å². The van der Waals surface area contributed by atoms with Crippen LogP contribution in [0.5, 0.6) is 0 Å². The Morgan fingerprint density at radius 3 is 1.75 bits per heavy atom. The highest BCUT2D eigenvalue weighted by molar-refractivity contribution is 6.28. The monoisotopic (exact) mass is 208 g/mol. The fraction of sp³-hybridized carbons (Fsp3) is 0. The van der Waals surface area contributed by atoms with Gasteiger partial charge in [-0.15, -0.1) is 12.8 Å². The molecule has 4 nitrogen and oxygen atoms in total. The maximum atomic E-state index is 5.40. The molecule has 1 aliphatic rings. The van der Waals surface area contributed by atoms with E-state index in [4.69, 9.17) is 12.8 Å². The summed E-state index contributed by atoms with van der Waals surface area (Å²) in [6.45, 7) is 0. The SMILES string of the molecule is C#Cc1cn2[n+](c1)[BH2-]n1cc(C#C)c[n+]1[BH2-]2. The lowest BCUT2D eigenvalue weighted by atomic mass is 10.1. The van der Waals surface area contributed by atoms with E-state index in [9.17, 15) is 0 Å². The van der Waals surface area contributed by atoms with Crippen LogP contribution < -0.4 is 9.19 Å². The second-order valence-electron chi connectivity index (χ2n) is 4.41. The minimum Gasteiger partial charge on any atom is -0.347 e. The van der Waals surface area contributed by atoms with E-state index >= 15 is 0 Å². The summed E-state index contributed by atoms with van der Waals surface area (Å²) in [7, 11) is -0.879. The molecule has 0 N–H and O–H groups in total. The van der Waals surface area contributed by atoms with Crippen LogP contribution in [0.3, 0.4) is 0 Å². The molecule has 0 saturated carbocycles. The first kappa shape index (κ1) is 8.94. The molecule has 3 rings (SSSR count). The average Bonchev–Trinajstić information content (AvgIpc) is 2.86. The zero-order chi connectivity index (χ0) is 11.1. The fourth-order valence-electron chi connectivity index (χ4n) is 2.60. The Kier molecular flexibility index (Phi) is 1.72. The number of fused-ring (bicyclic) bond motifs is 2. The van der Waals surface area contributed by atoms with Gasteiger partial charge in [0.2, 0.25) is 0 Å². The largest absolute Gasteiger partial charge is 0.415 e. The van der Waals surface area contributed by atoms with Crippen LogP contribution in [-0.4, -0.2) is 24.3 Å². The van der Waals surface area contributed by atoms with Crippen LogP contribution in [-0.2, 0) is 0 Å². The second-order valence-corrected chi connectivity index (χ2v) is 4.41. The summed E-state index contributed by atoms with van der Waals surface area (Å²) in [5.74, 6) is 5.35. The Morgan fingerprint density at radius 2 is 1.38 bits per heavy atom. The van der Waals surface area contributed by atoms with Crippen LogP contribution in [0, 0.1) is 24.7 Å². The number of aromatic nitrogens is 4. The highest BCUT2D eigenvalue weighted by atomic mass is 15.5. The Morgan fingerprint density at radius 1 is 0.938 bits per heavy atom. The van der Waals surface area contributed by atoms with Gasteiger partial charge in [0.25, 0.3) is 0 Å². The lowest BCUT2D eigenvalue weighted by Gasteiger charge is -2.20. The van der Waals surface area contributed by atoms with Crippen LogP contribution in [0.1, 0.15) is 11.1 Å². The van der Waals surface area contributed by atoms with E-state index in [2.05, 4.69) is 30.2 Å². The fourth-order valence-corrected chi connectivity index (χ4v) is 2.60. The summed E-state index contributed by atoms with van der Waals surface area (Å²) < 4.78 is 8.98. The van der Waals surface area contributed by atoms with E-state index in [1.807, 2.05) is 24.8 Å². The van der Waals surface area contributed by atoms with Crippen LogP contribution in [0.15, 0.2) is 24.8 Å². The Labute approximate surface area is 94.6 Å². The normalized spacial score (nSPS) is 12.4. The van der Waals surface area contributed by atoms with Crippen molar-refractivity contribution in [2.24, 2.45) is 0 Å². The van der Waals surface area contributed by atoms with Crippen LogP contribution in [0.4, 0.5) is 0 Å². The maximum absolute atomic E-state index is 5.40. The third kappa shape index (κ3) is 1.17. The first-order valence-electron chi connectivity index (χ1n) is 5.45. The summed E-state index contributed by atoms with van der Waals surface area (Å²) in [5, 5.41) is 0. The minimum absolute atomic E-state index is 0.439. The third-order valence-electron chi connectivity index (χ3n) is 3.45. The van der Waals surface area contributed by atoms with Crippen molar-refractivity contribution < 1.29 is 9.19 Å². The van der Waals surface area contributed by atoms with Crippen LogP contribution >= 0.6 is 0 Å². The van der Waals surface area contributed by atoms with Gasteiger partial charge in [0.05, 0.1) is 0 Å². The first-order valence-corrected chi connectivity index (χ1v) is 5.45. The molecule has 0 amide bonds. The number of terminal acetylenes is 2. The molecule has 6 heteroatoms. The first-order chi connectivity index (χ1) is 7.80. The summed E-state index contributed by atoms with van der Waals surface area (Å²) >= 11 is 0. The Balaban J connectivity index is 2.06. The van der Waals surface area contributed by atoms with Gasteiger partial charge in [-0.1, -0.05) is 11.8 Å². The van der Waals surface area contributed by atoms with Crippen molar-refractivity contribution in [3.8, 4) is 24.7 Å². The maximum Gasteiger partial charge on any atom is 0.415 e. The Bertz CT molecular complexity index is 556. The predicted molar refractivity (Wildman–Crippen MR) is 63.8 cm³/mol. The van der Waals surface area contributed by atoms with Crippen molar-refractivity contribution in [2.45, 2.75) is 0 Å². The van der Waals surface area contributed by atoms with Crippen LogP contribution in [0.25, 0.3) is 0 Å². The molecule has 0 bridgehead atoms. The van der Waals surface area contributed by atoms with Crippen molar-refractivity contribution in [2.75, 3.05) is 0 Å². The zero-order valence-corrected chi connectivity index (χ0v) is 9.25. The Hall–Kier alpha value is -2.33. The molecule has 0 radical (unpaired) electrons. The van der Waals surface area contributed by atoms with Gasteiger partial charge in [0, 0.05) is 12.4 Å². The van der Waals surface area contributed by atoms with E-state index in [-0.39, 0.29) is 0 Å². The number of nitrogens with zero attached hydrogens (tertiary/aromatic N) is 4. The van der Waals surface area contributed by atoms with Gasteiger partial charge in [-0.25, -0.2) is 0 Å². The molecule has 16 heavy (non-hydrogen) atoms. The molecule has 2 aromatic rings. The zero-order valence-electron chi connectivity index (χ0n) is 9.25. The van der Waals surface area contributed by atoms with Crippen molar-refractivity contribution in [3.05, 3.63) is 35.9 Å². The minimum atomic E-state index is -0.439. The molecule has 76 valence electrons. The summed E-state index contributed by atoms with van der Waals surface area (Å²) in [5.41, 5.74) is 1.91. The summed E-state index contributed by atoms with van der Waals surface area (Å²) in [6.07, 6.45) is 19.0. The number of hydrogen-bond donors (Lipinski definition) is 0. The summed E-state index contributed by atoms with van der Waals surface area (Å²) in [4.78, 5) is 0. The van der Waals surface area contributed by atoms with Gasteiger partial charge in [0.15, 0.2) is 12.4 Å². The average molecular weight is 208 g/mol. The van der Waals surface area contributed by atoms with E-state index in [0.717, 1.165) is 11.1 Å². The second kappa shape index (κ2) is 3.08. The van der Waals surface area contributed by atoms with E-state index in [1.165, 1.54) is 0 Å². The molecule has 0 fully saturated rings. The van der Waals surface area contributed by atoms with Gasteiger partial charge in [-0.3, -0.25) is 0 Å². The highest BCUT2D eigenvalue weighted by Crippen LogP contribution is 1.95. The molecule has 0 saturated heterocycles. The van der Waals surface area contributed by atoms with Crippen molar-refractivity contribution in [1.82, 2.24) is 9.19 Å². The lowest BCUT2D eigenvalue weighted by Crippen LogP contribution is -2.70. The van der Waals surface area contributed by atoms with Crippen molar-refractivity contribution >= 4 is 15.1 Å². The van der Waals surface area contributed by atoms with E-state index < -0.39 is 15.1 Å². The van der Waals surface area contributed by atoms with E-state index in [0.29, 0.717) is 0 Å². The smallest absolute Gasteiger partial charge is 0.347 e. The number of hydrogen-bond acceptors (Lipinski definition) is 0. The van der Waals surface area contributed by atoms with Gasteiger partial charge in [0.1, 0.15) is 11.1 Å². The van der Waals surface area contributed by atoms with E-state index in [1.54, 1.807) is 0 Å². The molecular weight excluding hydrogens is 198 g/mol. The third-order valence-corrected chi connectivity index (χ3v) is 3.45. The molecular formula is C10H10B2N4. The van der Waals surface area contributed by atoms with Gasteiger partial charge in [-0.05, 0) is 0 Å². The molecule has 0 atom stereocenters. The summed E-state index contributed by atoms with van der Waals surface area (Å²) in [6, 6.07) is 0. The molecule has 0 aromatic carbocycles. The quantitative estimate of drug-likeness (QED) is 0.275. The molecule has 0 spiro atoms. The highest BCUT2D eigenvalue weighted by Gasteiger charge is 2.18. The van der Waals surface area contributed by atoms with Crippen molar-refractivity contribution in [1.29, 1.82) is 0 Å². The number of rotatable bonds is 0. The standard InChI is InChI=1S/C10H10B2N4/c1-3-9-5-13-11-15-7-10(4-2)8-16(15)12-14(13)6-9/h1-2,5-8H,11-12H2. The van der Waals surface area contributed by atoms with Gasteiger partial charge >= 0.3 is 15.1 Å². The molecule has 0 aliphatic carbocycles. The molecule has 3 heterocycles. The molecule has 0 unspecified atom stereocenters. The molecule has 2 aromatic heterocycles. The van der Waals surface area contributed by atoms with Crippen LogP contribution in [0.2, 0.25) is 0 Å². The predicted octanol–water partition coefficient (Wildman–Crippen LogP) is -3.07. The lowest BCUT2D eigenvalue weighted by molar-refractivity contribution is -0.690. The molecule has 1 aliphatic heterocycles. The topological polar surface area (TPSA) is 17.6 Å².